The van der Waals surface area contributed by atoms with Gasteiger partial charge >= 0.3 is 6.18 Å². The highest BCUT2D eigenvalue weighted by molar-refractivity contribution is 7.98. The van der Waals surface area contributed by atoms with Gasteiger partial charge in [0.25, 0.3) is 5.91 Å². The van der Waals surface area contributed by atoms with Crippen molar-refractivity contribution in [3.05, 3.63) is 47.2 Å². The van der Waals surface area contributed by atoms with Crippen molar-refractivity contribution in [2.75, 3.05) is 51.2 Å². The average molecular weight is 466 g/mol. The van der Waals surface area contributed by atoms with Gasteiger partial charge in [0.1, 0.15) is 5.82 Å². The maximum Gasteiger partial charge on any atom is 0.433 e. The molecule has 2 aliphatic heterocycles. The molecule has 4 rings (SSSR count). The number of likely N-dealkylation sites (N-methyl/N-ethyl adjacent to an activating group) is 1. The van der Waals surface area contributed by atoms with Crippen LogP contribution in [-0.4, -0.2) is 72.0 Å². The van der Waals surface area contributed by atoms with Gasteiger partial charge in [-0.1, -0.05) is 23.9 Å². The van der Waals surface area contributed by atoms with Crippen molar-refractivity contribution in [2.45, 2.75) is 29.9 Å². The SMILES string of the molecule is CN1CCN(c2cc(C(F)(F)F)nc(SCc3ccc(C(=O)N4CCCC4)cc3)n2)CC1. The summed E-state index contributed by atoms with van der Waals surface area (Å²) in [5, 5.41) is 0.103. The molecular formula is C22H26F3N5OS. The van der Waals surface area contributed by atoms with Gasteiger partial charge < -0.3 is 14.7 Å². The minimum atomic E-state index is -4.53. The zero-order chi connectivity index (χ0) is 22.7. The molecule has 3 heterocycles. The fourth-order valence-corrected chi connectivity index (χ4v) is 4.62. The van der Waals surface area contributed by atoms with Gasteiger partial charge in [-0.25, -0.2) is 9.97 Å². The van der Waals surface area contributed by atoms with E-state index in [1.165, 1.54) is 11.8 Å². The van der Waals surface area contributed by atoms with Crippen LogP contribution in [0.1, 0.15) is 34.5 Å². The van der Waals surface area contributed by atoms with E-state index in [9.17, 15) is 18.0 Å². The second-order valence-electron chi connectivity index (χ2n) is 8.17. The molecule has 0 saturated carbocycles. The zero-order valence-corrected chi connectivity index (χ0v) is 18.8. The van der Waals surface area contributed by atoms with E-state index in [-0.39, 0.29) is 11.1 Å². The Kier molecular flexibility index (Phi) is 6.90. The van der Waals surface area contributed by atoms with Gasteiger partial charge in [0.15, 0.2) is 10.9 Å². The molecule has 172 valence electrons. The van der Waals surface area contributed by atoms with E-state index in [0.29, 0.717) is 30.2 Å². The number of nitrogens with zero attached hydrogens (tertiary/aromatic N) is 5. The first-order chi connectivity index (χ1) is 15.3. The predicted molar refractivity (Wildman–Crippen MR) is 118 cm³/mol. The lowest BCUT2D eigenvalue weighted by atomic mass is 10.1. The summed E-state index contributed by atoms with van der Waals surface area (Å²) >= 11 is 1.17. The number of benzene rings is 1. The second-order valence-corrected chi connectivity index (χ2v) is 9.11. The summed E-state index contributed by atoms with van der Waals surface area (Å²) in [4.78, 5) is 26.5. The molecule has 0 aliphatic carbocycles. The molecule has 0 bridgehead atoms. The van der Waals surface area contributed by atoms with Crippen LogP contribution < -0.4 is 4.90 Å². The molecule has 10 heteroatoms. The molecule has 2 aromatic rings. The Hall–Kier alpha value is -2.33. The summed E-state index contributed by atoms with van der Waals surface area (Å²) in [5.74, 6) is 0.760. The number of halogens is 3. The molecule has 32 heavy (non-hydrogen) atoms. The number of aromatic nitrogens is 2. The van der Waals surface area contributed by atoms with Gasteiger partial charge in [0.2, 0.25) is 0 Å². The number of hydrogen-bond donors (Lipinski definition) is 0. The molecule has 1 amide bonds. The van der Waals surface area contributed by atoms with E-state index >= 15 is 0 Å². The van der Waals surface area contributed by atoms with Crippen LogP contribution in [0.5, 0.6) is 0 Å². The molecule has 2 fully saturated rings. The Morgan fingerprint density at radius 3 is 2.28 bits per heavy atom. The van der Waals surface area contributed by atoms with Gasteiger partial charge in [-0.05, 0) is 37.6 Å². The second kappa shape index (κ2) is 9.66. The fourth-order valence-electron chi connectivity index (χ4n) is 3.81. The van der Waals surface area contributed by atoms with Crippen LogP contribution >= 0.6 is 11.8 Å². The average Bonchev–Trinajstić information content (AvgIpc) is 3.32. The highest BCUT2D eigenvalue weighted by Gasteiger charge is 2.34. The normalized spacial score (nSPS) is 17.8. The van der Waals surface area contributed by atoms with Gasteiger partial charge in [0.05, 0.1) is 0 Å². The number of anilines is 1. The number of likely N-dealkylation sites (tertiary alicyclic amines) is 1. The number of carbonyl (C=O) groups excluding carboxylic acids is 1. The van der Waals surface area contributed by atoms with E-state index in [1.54, 1.807) is 12.1 Å². The summed E-state index contributed by atoms with van der Waals surface area (Å²) in [7, 11) is 1.99. The summed E-state index contributed by atoms with van der Waals surface area (Å²) in [5.41, 5.74) is 0.610. The van der Waals surface area contributed by atoms with Gasteiger partial charge in [0, 0.05) is 56.7 Å². The predicted octanol–water partition coefficient (Wildman–Crippen LogP) is 3.78. The Balaban J connectivity index is 1.46. The third-order valence-corrected chi connectivity index (χ3v) is 6.69. The highest BCUT2D eigenvalue weighted by Crippen LogP contribution is 2.32. The third kappa shape index (κ3) is 5.53. The van der Waals surface area contributed by atoms with Crippen molar-refractivity contribution in [3.8, 4) is 0 Å². The number of amides is 1. The Labute approximate surface area is 189 Å². The van der Waals surface area contributed by atoms with Gasteiger partial charge in [-0.15, -0.1) is 0 Å². The molecule has 6 nitrogen and oxygen atoms in total. The third-order valence-electron chi connectivity index (χ3n) is 5.77. The minimum absolute atomic E-state index is 0.0275. The zero-order valence-electron chi connectivity index (χ0n) is 17.9. The van der Waals surface area contributed by atoms with Gasteiger partial charge in [-0.2, -0.15) is 13.2 Å². The van der Waals surface area contributed by atoms with E-state index in [1.807, 2.05) is 29.0 Å². The van der Waals surface area contributed by atoms with Crippen LogP contribution in [0.3, 0.4) is 0 Å². The number of alkyl halides is 3. The number of piperazine rings is 1. The number of carbonyl (C=O) groups is 1. The van der Waals surface area contributed by atoms with Gasteiger partial charge in [-0.3, -0.25) is 4.79 Å². The summed E-state index contributed by atoms with van der Waals surface area (Å²) < 4.78 is 40.3. The molecule has 0 radical (unpaired) electrons. The molecule has 1 aromatic carbocycles. The Morgan fingerprint density at radius 2 is 1.66 bits per heavy atom. The quantitative estimate of drug-likeness (QED) is 0.495. The number of thioether (sulfide) groups is 1. The maximum absolute atomic E-state index is 13.4. The summed E-state index contributed by atoms with van der Waals surface area (Å²) in [6.45, 7) is 4.38. The lowest BCUT2D eigenvalue weighted by molar-refractivity contribution is -0.141. The van der Waals surface area contributed by atoms with E-state index in [2.05, 4.69) is 14.9 Å². The molecule has 2 aliphatic rings. The van der Waals surface area contributed by atoms with Crippen LogP contribution in [0.15, 0.2) is 35.5 Å². The van der Waals surface area contributed by atoms with E-state index in [4.69, 9.17) is 0 Å². The molecule has 0 N–H and O–H groups in total. The van der Waals surface area contributed by atoms with Crippen LogP contribution in [0.2, 0.25) is 0 Å². The van der Waals surface area contributed by atoms with Crippen LogP contribution in [-0.2, 0) is 11.9 Å². The number of rotatable bonds is 5. The molecule has 0 unspecified atom stereocenters. The first kappa shape index (κ1) is 22.8. The maximum atomic E-state index is 13.4. The first-order valence-electron chi connectivity index (χ1n) is 10.7. The van der Waals surface area contributed by atoms with Crippen molar-refractivity contribution >= 4 is 23.5 Å². The molecule has 0 spiro atoms. The molecule has 2 saturated heterocycles. The minimum Gasteiger partial charge on any atom is -0.354 e. The van der Waals surface area contributed by atoms with Crippen LogP contribution in [0.25, 0.3) is 0 Å². The smallest absolute Gasteiger partial charge is 0.354 e. The highest BCUT2D eigenvalue weighted by atomic mass is 32.2. The monoisotopic (exact) mass is 465 g/mol. The van der Waals surface area contributed by atoms with Crippen molar-refractivity contribution < 1.29 is 18.0 Å². The van der Waals surface area contributed by atoms with E-state index in [0.717, 1.165) is 50.7 Å². The fraction of sp³-hybridized carbons (Fsp3) is 0.500. The molecular weight excluding hydrogens is 439 g/mol. The van der Waals surface area contributed by atoms with Crippen LogP contribution in [0, 0.1) is 0 Å². The lowest BCUT2D eigenvalue weighted by Gasteiger charge is -2.33. The van der Waals surface area contributed by atoms with Crippen LogP contribution in [0.4, 0.5) is 19.0 Å². The largest absolute Gasteiger partial charge is 0.433 e. The van der Waals surface area contributed by atoms with E-state index < -0.39 is 11.9 Å². The Morgan fingerprint density at radius 1 is 1.00 bits per heavy atom. The van der Waals surface area contributed by atoms with Crippen molar-refractivity contribution in [1.29, 1.82) is 0 Å². The topological polar surface area (TPSA) is 52.6 Å². The standard InChI is InChI=1S/C22H26F3N5OS/c1-28-10-12-29(13-11-28)19-14-18(22(23,24)25)26-21(27-19)32-15-16-4-6-17(7-5-16)20(31)30-8-2-3-9-30/h4-7,14H,2-3,8-13,15H2,1H3. The summed E-state index contributed by atoms with van der Waals surface area (Å²) in [6, 6.07) is 8.27. The molecule has 1 aromatic heterocycles. The first-order valence-corrected chi connectivity index (χ1v) is 11.7. The molecule has 0 atom stereocenters. The lowest BCUT2D eigenvalue weighted by Crippen LogP contribution is -2.45. The van der Waals surface area contributed by atoms with Crippen molar-refractivity contribution in [1.82, 2.24) is 19.8 Å². The summed E-state index contributed by atoms with van der Waals surface area (Å²) in [6.07, 6.45) is -2.46. The number of hydrogen-bond acceptors (Lipinski definition) is 6. The van der Waals surface area contributed by atoms with Crippen molar-refractivity contribution in [3.63, 3.8) is 0 Å². The van der Waals surface area contributed by atoms with Crippen molar-refractivity contribution in [2.24, 2.45) is 0 Å². The Bertz CT molecular complexity index is 940.